The zero-order valence-electron chi connectivity index (χ0n) is 16.3. The Bertz CT molecular complexity index is 1360. The van der Waals surface area contributed by atoms with Crippen LogP contribution in [0.2, 0.25) is 0 Å². The van der Waals surface area contributed by atoms with Crippen LogP contribution < -0.4 is 11.2 Å². The third-order valence-electron chi connectivity index (χ3n) is 5.98. The first-order valence-electron chi connectivity index (χ1n) is 9.49. The number of ketones is 1. The summed E-state index contributed by atoms with van der Waals surface area (Å²) in [6, 6.07) is 15.2. The molecule has 6 nitrogen and oxygen atoms in total. The zero-order valence-corrected chi connectivity index (χ0v) is 16.3. The van der Waals surface area contributed by atoms with Crippen LogP contribution in [0.25, 0.3) is 0 Å². The van der Waals surface area contributed by atoms with Gasteiger partial charge in [-0.1, -0.05) is 54.1 Å². The van der Waals surface area contributed by atoms with Gasteiger partial charge in [0.15, 0.2) is 5.78 Å². The third-order valence-corrected chi connectivity index (χ3v) is 5.98. The molecule has 0 spiro atoms. The predicted octanol–water partition coefficient (Wildman–Crippen LogP) is 2.47. The fraction of sp³-hybridized carbons (Fsp3) is 0.217. The third kappa shape index (κ3) is 2.29. The fourth-order valence-electron chi connectivity index (χ4n) is 4.59. The Balaban J connectivity index is 1.92. The van der Waals surface area contributed by atoms with Crippen molar-refractivity contribution < 1.29 is 4.79 Å². The number of aliphatic imine (C=N–C) groups is 1. The summed E-state index contributed by atoms with van der Waals surface area (Å²) in [5.41, 5.74) is 3.50. The highest BCUT2D eigenvalue weighted by Gasteiger charge is 2.47. The summed E-state index contributed by atoms with van der Waals surface area (Å²) in [7, 11) is 3.07. The first kappa shape index (κ1) is 17.6. The smallest absolute Gasteiger partial charge is 0.293 e. The molecule has 29 heavy (non-hydrogen) atoms. The van der Waals surface area contributed by atoms with Gasteiger partial charge < -0.3 is 0 Å². The number of aromatic nitrogens is 2. The van der Waals surface area contributed by atoms with E-state index in [0.717, 1.165) is 21.3 Å². The monoisotopic (exact) mass is 385 g/mol. The van der Waals surface area contributed by atoms with Crippen LogP contribution in [0.3, 0.4) is 0 Å². The molecule has 0 unspecified atom stereocenters. The standard InChI is InChI=1S/C23H19N3O3/c1-12-7-6-8-13(11-12)16-17-19(14-9-4-5-10-15(14)20(17)27)24-21-18(16)22(28)26(3)23(29)25(21)2/h4-11,16-17H,1-3H3/t16-,17-/m1/s1. The lowest BCUT2D eigenvalue weighted by molar-refractivity contribution is 0.0953. The van der Waals surface area contributed by atoms with Crippen molar-refractivity contribution in [3.8, 4) is 0 Å². The number of benzene rings is 2. The van der Waals surface area contributed by atoms with E-state index in [4.69, 9.17) is 4.99 Å². The van der Waals surface area contributed by atoms with Gasteiger partial charge in [-0.3, -0.25) is 18.7 Å². The highest BCUT2D eigenvalue weighted by molar-refractivity contribution is 6.30. The van der Waals surface area contributed by atoms with Crippen molar-refractivity contribution in [2.75, 3.05) is 0 Å². The Morgan fingerprint density at radius 3 is 2.31 bits per heavy atom. The molecule has 1 aliphatic heterocycles. The van der Waals surface area contributed by atoms with Gasteiger partial charge in [0, 0.05) is 31.1 Å². The minimum atomic E-state index is -0.577. The lowest BCUT2D eigenvalue weighted by atomic mass is 9.76. The van der Waals surface area contributed by atoms with Gasteiger partial charge in [-0.15, -0.1) is 0 Å². The molecule has 0 amide bonds. The van der Waals surface area contributed by atoms with Crippen molar-refractivity contribution in [1.82, 2.24) is 9.13 Å². The first-order chi connectivity index (χ1) is 13.9. The maximum atomic E-state index is 13.4. The summed E-state index contributed by atoms with van der Waals surface area (Å²) in [5.74, 6) is -0.775. The second-order valence-electron chi connectivity index (χ2n) is 7.72. The number of carbonyl (C=O) groups excluding carboxylic acids is 1. The van der Waals surface area contributed by atoms with Crippen LogP contribution in [-0.4, -0.2) is 20.6 Å². The summed E-state index contributed by atoms with van der Waals surface area (Å²) in [5, 5.41) is 0. The van der Waals surface area contributed by atoms with Crippen LogP contribution in [0, 0.1) is 12.8 Å². The zero-order chi connectivity index (χ0) is 20.4. The molecule has 144 valence electrons. The maximum absolute atomic E-state index is 13.4. The Morgan fingerprint density at radius 1 is 0.862 bits per heavy atom. The van der Waals surface area contributed by atoms with Gasteiger partial charge in [0.05, 0.1) is 17.2 Å². The van der Waals surface area contributed by atoms with Crippen molar-refractivity contribution in [3.05, 3.63) is 97.2 Å². The molecular formula is C23H19N3O3. The van der Waals surface area contributed by atoms with Crippen LogP contribution in [0.15, 0.2) is 63.1 Å². The van der Waals surface area contributed by atoms with Crippen LogP contribution >= 0.6 is 0 Å². The van der Waals surface area contributed by atoms with Gasteiger partial charge in [0.2, 0.25) is 0 Å². The number of fused-ring (bicyclic) bond motifs is 4. The van der Waals surface area contributed by atoms with Crippen molar-refractivity contribution >= 4 is 17.3 Å². The average molecular weight is 385 g/mol. The molecule has 2 heterocycles. The molecule has 6 heteroatoms. The van der Waals surface area contributed by atoms with Crippen LogP contribution in [0.1, 0.15) is 38.5 Å². The topological polar surface area (TPSA) is 73.4 Å². The van der Waals surface area contributed by atoms with Crippen molar-refractivity contribution in [2.24, 2.45) is 25.0 Å². The summed E-state index contributed by atoms with van der Waals surface area (Å²) in [6.07, 6.45) is 0. The summed E-state index contributed by atoms with van der Waals surface area (Å²) < 4.78 is 2.49. The van der Waals surface area contributed by atoms with E-state index < -0.39 is 23.1 Å². The molecule has 2 aromatic carbocycles. The molecule has 5 rings (SSSR count). The van der Waals surface area contributed by atoms with E-state index in [1.54, 1.807) is 13.1 Å². The molecular weight excluding hydrogens is 366 g/mol. The summed E-state index contributed by atoms with van der Waals surface area (Å²) >= 11 is 0. The maximum Gasteiger partial charge on any atom is 0.332 e. The van der Waals surface area contributed by atoms with E-state index >= 15 is 0 Å². The molecule has 0 saturated heterocycles. The second-order valence-corrected chi connectivity index (χ2v) is 7.72. The lowest BCUT2D eigenvalue weighted by Gasteiger charge is -2.30. The number of Topliss-reactive ketones (excluding diaryl/α,β-unsaturated/α-hetero) is 1. The Morgan fingerprint density at radius 2 is 1.59 bits per heavy atom. The van der Waals surface area contributed by atoms with Crippen molar-refractivity contribution in [3.63, 3.8) is 0 Å². The van der Waals surface area contributed by atoms with Crippen molar-refractivity contribution in [1.29, 1.82) is 0 Å². The van der Waals surface area contributed by atoms with Crippen LogP contribution in [0.4, 0.5) is 5.82 Å². The molecule has 0 bridgehead atoms. The van der Waals surface area contributed by atoms with Gasteiger partial charge in [-0.05, 0) is 12.5 Å². The predicted molar refractivity (Wildman–Crippen MR) is 110 cm³/mol. The van der Waals surface area contributed by atoms with E-state index in [0.29, 0.717) is 22.7 Å². The van der Waals surface area contributed by atoms with Crippen LogP contribution in [-0.2, 0) is 14.1 Å². The Kier molecular flexibility index (Phi) is 3.62. The first-order valence-corrected chi connectivity index (χ1v) is 9.49. The number of carbonyl (C=O) groups is 1. The molecule has 0 fully saturated rings. The van der Waals surface area contributed by atoms with E-state index in [1.165, 1.54) is 11.6 Å². The number of rotatable bonds is 1. The highest BCUT2D eigenvalue weighted by atomic mass is 16.2. The normalized spacial score (nSPS) is 19.4. The fourth-order valence-corrected chi connectivity index (χ4v) is 4.59. The van der Waals surface area contributed by atoms with Gasteiger partial charge in [0.25, 0.3) is 5.56 Å². The van der Waals surface area contributed by atoms with E-state index in [-0.39, 0.29) is 5.78 Å². The largest absolute Gasteiger partial charge is 0.332 e. The number of hydrogen-bond acceptors (Lipinski definition) is 4. The molecule has 0 radical (unpaired) electrons. The molecule has 0 N–H and O–H groups in total. The van der Waals surface area contributed by atoms with Gasteiger partial charge >= 0.3 is 5.69 Å². The summed E-state index contributed by atoms with van der Waals surface area (Å²) in [4.78, 5) is 43.8. The average Bonchev–Trinajstić information content (AvgIpc) is 3.01. The van der Waals surface area contributed by atoms with E-state index in [2.05, 4.69) is 0 Å². The van der Waals surface area contributed by atoms with E-state index in [1.807, 2.05) is 49.4 Å². The Hall–Kier alpha value is -3.54. The Labute approximate surface area is 166 Å². The molecule has 1 aromatic heterocycles. The molecule has 3 aromatic rings. The van der Waals surface area contributed by atoms with Crippen LogP contribution in [0.5, 0.6) is 0 Å². The molecule has 1 aliphatic carbocycles. The highest BCUT2D eigenvalue weighted by Crippen LogP contribution is 2.46. The molecule has 2 aliphatic rings. The quantitative estimate of drug-likeness (QED) is 0.646. The number of aryl methyl sites for hydroxylation is 1. The van der Waals surface area contributed by atoms with Gasteiger partial charge in [-0.2, -0.15) is 0 Å². The van der Waals surface area contributed by atoms with Crippen molar-refractivity contribution in [2.45, 2.75) is 12.8 Å². The summed E-state index contributed by atoms with van der Waals surface area (Å²) in [6.45, 7) is 1.98. The SMILES string of the molecule is Cc1cccc([C@H]2c3c(n(C)c(=O)n(C)c3=O)N=C3c4ccccc4C(=O)[C@@H]32)c1. The van der Waals surface area contributed by atoms with Gasteiger partial charge in [-0.25, -0.2) is 9.79 Å². The molecule has 2 atom stereocenters. The second kappa shape index (κ2) is 5.98. The minimum Gasteiger partial charge on any atom is -0.293 e. The molecule has 0 saturated carbocycles. The minimum absolute atomic E-state index is 0.0348. The lowest BCUT2D eigenvalue weighted by Crippen LogP contribution is -2.43. The number of nitrogens with zero attached hydrogens (tertiary/aromatic N) is 3. The van der Waals surface area contributed by atoms with E-state index in [9.17, 15) is 14.4 Å². The number of hydrogen-bond donors (Lipinski definition) is 0. The van der Waals surface area contributed by atoms with Gasteiger partial charge in [0.1, 0.15) is 5.82 Å².